The first-order chi connectivity index (χ1) is 13.2. The maximum absolute atomic E-state index is 13.3. The van der Waals surface area contributed by atoms with E-state index in [4.69, 9.17) is 11.6 Å². The number of anilines is 1. The number of halogens is 4. The van der Waals surface area contributed by atoms with Gasteiger partial charge >= 0.3 is 6.18 Å². The SMILES string of the molecule is O=C(Nc1nc(C(F)(F)F)c(-c2ccccc2)s1)c1ccc([N+](=O)[O-])cc1Cl. The molecule has 28 heavy (non-hydrogen) atoms. The molecule has 1 N–H and O–H groups in total. The molecule has 1 aromatic heterocycles. The van der Waals surface area contributed by atoms with Crippen LogP contribution in [0.15, 0.2) is 48.5 Å². The Bertz CT molecular complexity index is 1050. The third-order valence-electron chi connectivity index (χ3n) is 3.56. The highest BCUT2D eigenvalue weighted by Gasteiger charge is 2.38. The molecule has 0 aliphatic carbocycles. The van der Waals surface area contributed by atoms with Crippen LogP contribution in [0.4, 0.5) is 24.0 Å². The number of hydrogen-bond donors (Lipinski definition) is 1. The minimum Gasteiger partial charge on any atom is -0.298 e. The van der Waals surface area contributed by atoms with E-state index in [1.807, 2.05) is 0 Å². The van der Waals surface area contributed by atoms with Crippen LogP contribution in [0.2, 0.25) is 5.02 Å². The summed E-state index contributed by atoms with van der Waals surface area (Å²) in [7, 11) is 0. The number of carbonyl (C=O) groups is 1. The summed E-state index contributed by atoms with van der Waals surface area (Å²) in [6.45, 7) is 0. The van der Waals surface area contributed by atoms with Crippen molar-refractivity contribution in [1.29, 1.82) is 0 Å². The van der Waals surface area contributed by atoms with Crippen LogP contribution in [-0.4, -0.2) is 15.8 Å². The molecule has 0 spiro atoms. The van der Waals surface area contributed by atoms with Crippen LogP contribution in [0.5, 0.6) is 0 Å². The van der Waals surface area contributed by atoms with Gasteiger partial charge in [-0.1, -0.05) is 53.3 Å². The Labute approximate surface area is 164 Å². The molecule has 6 nitrogen and oxygen atoms in total. The second kappa shape index (κ2) is 7.56. The molecule has 1 amide bonds. The van der Waals surface area contributed by atoms with Crippen molar-refractivity contribution in [3.05, 3.63) is 74.9 Å². The Balaban J connectivity index is 1.94. The van der Waals surface area contributed by atoms with Crippen LogP contribution < -0.4 is 5.32 Å². The lowest BCUT2D eigenvalue weighted by atomic mass is 10.1. The van der Waals surface area contributed by atoms with Gasteiger partial charge in [-0.2, -0.15) is 13.2 Å². The summed E-state index contributed by atoms with van der Waals surface area (Å²) >= 11 is 6.54. The lowest BCUT2D eigenvalue weighted by Crippen LogP contribution is -2.13. The number of hydrogen-bond acceptors (Lipinski definition) is 5. The van der Waals surface area contributed by atoms with Crippen molar-refractivity contribution in [1.82, 2.24) is 4.98 Å². The number of amides is 1. The molecule has 0 bridgehead atoms. The van der Waals surface area contributed by atoms with Gasteiger partial charge in [0, 0.05) is 12.1 Å². The molecule has 144 valence electrons. The Morgan fingerprint density at radius 2 is 1.86 bits per heavy atom. The minimum atomic E-state index is -4.71. The molecular formula is C17H9ClF3N3O3S. The van der Waals surface area contributed by atoms with Crippen LogP contribution >= 0.6 is 22.9 Å². The van der Waals surface area contributed by atoms with Crippen molar-refractivity contribution >= 4 is 39.7 Å². The molecule has 11 heteroatoms. The summed E-state index contributed by atoms with van der Waals surface area (Å²) in [6.07, 6.45) is -4.71. The average Bonchev–Trinajstić information content (AvgIpc) is 3.06. The zero-order chi connectivity index (χ0) is 20.5. The molecule has 3 rings (SSSR count). The molecule has 0 unspecified atom stereocenters. The van der Waals surface area contributed by atoms with Gasteiger partial charge < -0.3 is 0 Å². The average molecular weight is 428 g/mol. The van der Waals surface area contributed by atoms with E-state index < -0.39 is 22.7 Å². The van der Waals surface area contributed by atoms with Crippen molar-refractivity contribution in [3.63, 3.8) is 0 Å². The predicted molar refractivity (Wildman–Crippen MR) is 98.6 cm³/mol. The first-order valence-corrected chi connectivity index (χ1v) is 8.75. The van der Waals surface area contributed by atoms with Gasteiger partial charge in [0.25, 0.3) is 11.6 Å². The number of nitro benzene ring substituents is 1. The van der Waals surface area contributed by atoms with Crippen LogP contribution in [0, 0.1) is 10.1 Å². The van der Waals surface area contributed by atoms with E-state index in [0.29, 0.717) is 16.9 Å². The maximum Gasteiger partial charge on any atom is 0.434 e. The van der Waals surface area contributed by atoms with Crippen molar-refractivity contribution in [2.24, 2.45) is 0 Å². The summed E-state index contributed by atoms with van der Waals surface area (Å²) in [5, 5.41) is 12.5. The van der Waals surface area contributed by atoms with Gasteiger partial charge in [-0.15, -0.1) is 0 Å². The standard InChI is InChI=1S/C17H9ClF3N3O3S/c18-12-8-10(24(26)27)6-7-11(12)15(25)23-16-22-14(17(19,20)21)13(28-16)9-4-2-1-3-5-9/h1-8H,(H,22,23,25). The minimum absolute atomic E-state index is 0.128. The molecule has 0 radical (unpaired) electrons. The van der Waals surface area contributed by atoms with Crippen LogP contribution in [0.3, 0.4) is 0 Å². The van der Waals surface area contributed by atoms with Gasteiger partial charge in [0.05, 0.1) is 20.4 Å². The fraction of sp³-hybridized carbons (Fsp3) is 0.0588. The number of benzene rings is 2. The molecule has 3 aromatic rings. The summed E-state index contributed by atoms with van der Waals surface area (Å²) in [5.74, 6) is -0.831. The van der Waals surface area contributed by atoms with Gasteiger partial charge in [-0.25, -0.2) is 4.98 Å². The zero-order valence-electron chi connectivity index (χ0n) is 13.7. The lowest BCUT2D eigenvalue weighted by molar-refractivity contribution is -0.384. The highest BCUT2D eigenvalue weighted by atomic mass is 35.5. The topological polar surface area (TPSA) is 85.1 Å². The van der Waals surface area contributed by atoms with E-state index in [1.165, 1.54) is 12.1 Å². The highest BCUT2D eigenvalue weighted by molar-refractivity contribution is 7.19. The maximum atomic E-state index is 13.3. The molecule has 0 fully saturated rings. The van der Waals surface area contributed by atoms with Crippen molar-refractivity contribution in [2.45, 2.75) is 6.18 Å². The monoisotopic (exact) mass is 427 g/mol. The van der Waals surface area contributed by atoms with Crippen molar-refractivity contribution < 1.29 is 22.9 Å². The fourth-order valence-electron chi connectivity index (χ4n) is 2.32. The van der Waals surface area contributed by atoms with Gasteiger partial charge in [0.15, 0.2) is 10.8 Å². The quantitative estimate of drug-likeness (QED) is 0.431. The van der Waals surface area contributed by atoms with E-state index in [9.17, 15) is 28.1 Å². The Morgan fingerprint density at radius 1 is 1.18 bits per heavy atom. The predicted octanol–water partition coefficient (Wildman–Crippen LogP) is 5.64. The van der Waals surface area contributed by atoms with Crippen LogP contribution in [0.1, 0.15) is 16.1 Å². The molecule has 0 atom stereocenters. The number of nitrogens with zero attached hydrogens (tertiary/aromatic N) is 2. The van der Waals surface area contributed by atoms with Crippen LogP contribution in [0.25, 0.3) is 10.4 Å². The number of non-ortho nitro benzene ring substituents is 1. The second-order valence-electron chi connectivity index (χ2n) is 5.44. The summed E-state index contributed by atoms with van der Waals surface area (Å²) < 4.78 is 40.0. The van der Waals surface area contributed by atoms with Gasteiger partial charge in [-0.05, 0) is 11.6 Å². The summed E-state index contributed by atoms with van der Waals surface area (Å²) in [4.78, 5) is 25.8. The second-order valence-corrected chi connectivity index (χ2v) is 6.84. The molecule has 0 saturated carbocycles. The Kier molecular flexibility index (Phi) is 5.34. The number of alkyl halides is 3. The number of thiazole rings is 1. The molecule has 0 aliphatic heterocycles. The first-order valence-electron chi connectivity index (χ1n) is 7.55. The fourth-order valence-corrected chi connectivity index (χ4v) is 3.56. The first kappa shape index (κ1) is 19.8. The van der Waals surface area contributed by atoms with Crippen molar-refractivity contribution in [3.8, 4) is 10.4 Å². The molecule has 0 saturated heterocycles. The van der Waals surface area contributed by atoms with Crippen LogP contribution in [-0.2, 0) is 6.18 Å². The van der Waals surface area contributed by atoms with E-state index in [2.05, 4.69) is 10.3 Å². The highest BCUT2D eigenvalue weighted by Crippen LogP contribution is 2.42. The summed E-state index contributed by atoms with van der Waals surface area (Å²) in [5.41, 5.74) is -1.26. The Hall–Kier alpha value is -2.98. The molecule has 0 aliphatic rings. The number of nitro groups is 1. The molecule has 1 heterocycles. The summed E-state index contributed by atoms with van der Waals surface area (Å²) in [6, 6.07) is 11.0. The lowest BCUT2D eigenvalue weighted by Gasteiger charge is -2.05. The molecular weight excluding hydrogens is 419 g/mol. The smallest absolute Gasteiger partial charge is 0.298 e. The van der Waals surface area contributed by atoms with E-state index >= 15 is 0 Å². The van der Waals surface area contributed by atoms with E-state index in [1.54, 1.807) is 18.2 Å². The Morgan fingerprint density at radius 3 is 2.43 bits per heavy atom. The number of carbonyl (C=O) groups excluding carboxylic acids is 1. The van der Waals surface area contributed by atoms with Gasteiger partial charge in [0.2, 0.25) is 0 Å². The third-order valence-corrected chi connectivity index (χ3v) is 4.89. The number of aromatic nitrogens is 1. The normalized spacial score (nSPS) is 11.3. The third kappa shape index (κ3) is 4.12. The largest absolute Gasteiger partial charge is 0.434 e. The molecule has 2 aromatic carbocycles. The van der Waals surface area contributed by atoms with E-state index in [-0.39, 0.29) is 26.3 Å². The number of rotatable bonds is 4. The van der Waals surface area contributed by atoms with Gasteiger partial charge in [0.1, 0.15) is 0 Å². The number of nitrogens with one attached hydrogen (secondary N) is 1. The van der Waals surface area contributed by atoms with E-state index in [0.717, 1.165) is 18.2 Å². The zero-order valence-corrected chi connectivity index (χ0v) is 15.2. The van der Waals surface area contributed by atoms with Gasteiger partial charge in [-0.3, -0.25) is 20.2 Å². The van der Waals surface area contributed by atoms with Crippen molar-refractivity contribution in [2.75, 3.05) is 5.32 Å².